The molecule has 0 aliphatic carbocycles. The third-order valence-corrected chi connectivity index (χ3v) is 4.13. The van der Waals surface area contributed by atoms with Crippen LogP contribution in [0.15, 0.2) is 0 Å². The Labute approximate surface area is 216 Å². The maximum Gasteiger partial charge on any atom is 0.308 e. The number of carbonyl (C=O) groups is 3. The highest BCUT2D eigenvalue weighted by Gasteiger charge is 2.27. The van der Waals surface area contributed by atoms with Crippen molar-refractivity contribution in [3.63, 3.8) is 0 Å². The van der Waals surface area contributed by atoms with Crippen LogP contribution in [-0.4, -0.2) is 79.9 Å². The van der Waals surface area contributed by atoms with Gasteiger partial charge in [-0.25, -0.2) is 0 Å². The van der Waals surface area contributed by atoms with Gasteiger partial charge in [-0.1, -0.05) is 0 Å². The predicted octanol–water partition coefficient (Wildman–Crippen LogP) is 3.32. The van der Waals surface area contributed by atoms with Crippen molar-refractivity contribution < 1.29 is 42.8 Å². The summed E-state index contributed by atoms with van der Waals surface area (Å²) >= 11 is 0. The van der Waals surface area contributed by atoms with Crippen LogP contribution in [0.25, 0.3) is 0 Å². The number of rotatable bonds is 16. The molecular formula is C26H49NO9. The van der Waals surface area contributed by atoms with Crippen molar-refractivity contribution >= 4 is 17.9 Å². The predicted molar refractivity (Wildman–Crippen MR) is 135 cm³/mol. The van der Waals surface area contributed by atoms with Crippen LogP contribution < -0.4 is 5.73 Å². The van der Waals surface area contributed by atoms with E-state index in [9.17, 15) is 14.4 Å². The fourth-order valence-corrected chi connectivity index (χ4v) is 2.76. The van der Waals surface area contributed by atoms with Crippen LogP contribution in [0.2, 0.25) is 0 Å². The molecule has 212 valence electrons. The molecule has 0 saturated heterocycles. The van der Waals surface area contributed by atoms with Gasteiger partial charge in [-0.15, -0.1) is 0 Å². The maximum atomic E-state index is 11.9. The summed E-state index contributed by atoms with van der Waals surface area (Å²) < 4.78 is 32.7. The van der Waals surface area contributed by atoms with Gasteiger partial charge in [0.2, 0.25) is 0 Å². The van der Waals surface area contributed by atoms with E-state index >= 15 is 0 Å². The minimum atomic E-state index is -0.923. The Balaban J connectivity index is 4.62. The van der Waals surface area contributed by atoms with Crippen molar-refractivity contribution in [2.75, 3.05) is 39.6 Å². The summed E-state index contributed by atoms with van der Waals surface area (Å²) in [5, 5.41) is 0. The molecule has 36 heavy (non-hydrogen) atoms. The Hall–Kier alpha value is -1.75. The third kappa shape index (κ3) is 21.5. The van der Waals surface area contributed by atoms with Crippen molar-refractivity contribution in [2.45, 2.75) is 110 Å². The number of esters is 3. The first-order valence-corrected chi connectivity index (χ1v) is 12.5. The number of hydrogen-bond donors (Lipinski definition) is 1. The van der Waals surface area contributed by atoms with Gasteiger partial charge >= 0.3 is 17.9 Å². The molecule has 0 rings (SSSR count). The standard InChI is InChI=1S/C26H49NO9/c1-23(2,3)34-20(28)10-14-31-17-13-26(27,18-32-15-11-21(29)35-24(4,5)6)19-33-16-12-22(30)36-25(7,8)9/h10-19,27H2,1-9H3. The number of hydrogen-bond acceptors (Lipinski definition) is 10. The van der Waals surface area contributed by atoms with E-state index in [4.69, 9.17) is 34.2 Å². The highest BCUT2D eigenvalue weighted by Crippen LogP contribution is 2.13. The second-order valence-corrected chi connectivity index (χ2v) is 11.8. The van der Waals surface area contributed by atoms with E-state index in [1.54, 1.807) is 62.3 Å². The van der Waals surface area contributed by atoms with Crippen LogP contribution in [0.3, 0.4) is 0 Å². The minimum absolute atomic E-state index is 0.0965. The normalized spacial score (nSPS) is 12.8. The number of carbonyl (C=O) groups excluding carboxylic acids is 3. The fourth-order valence-electron chi connectivity index (χ4n) is 2.76. The van der Waals surface area contributed by atoms with E-state index in [2.05, 4.69) is 0 Å². The zero-order valence-corrected chi connectivity index (χ0v) is 23.8. The molecule has 0 bridgehead atoms. The van der Waals surface area contributed by atoms with Crippen LogP contribution in [0, 0.1) is 0 Å². The SMILES string of the molecule is CC(C)(C)OC(=O)CCOCCC(N)(COCCC(=O)OC(C)(C)C)COCCC(=O)OC(C)(C)C. The molecule has 10 nitrogen and oxygen atoms in total. The van der Waals surface area contributed by atoms with Gasteiger partial charge < -0.3 is 34.2 Å². The highest BCUT2D eigenvalue weighted by atomic mass is 16.6. The van der Waals surface area contributed by atoms with E-state index < -0.39 is 22.3 Å². The van der Waals surface area contributed by atoms with Crippen molar-refractivity contribution in [2.24, 2.45) is 5.73 Å². The van der Waals surface area contributed by atoms with Gasteiger partial charge in [0.15, 0.2) is 0 Å². The third-order valence-electron chi connectivity index (χ3n) is 4.13. The van der Waals surface area contributed by atoms with Crippen molar-refractivity contribution in [1.82, 2.24) is 0 Å². The molecular weight excluding hydrogens is 470 g/mol. The molecule has 0 aromatic rings. The average molecular weight is 520 g/mol. The summed E-state index contributed by atoms with van der Waals surface area (Å²) in [4.78, 5) is 35.6. The lowest BCUT2D eigenvalue weighted by Gasteiger charge is -2.29. The fraction of sp³-hybridized carbons (Fsp3) is 0.885. The largest absolute Gasteiger partial charge is 0.460 e. The summed E-state index contributed by atoms with van der Waals surface area (Å²) in [7, 11) is 0. The lowest BCUT2D eigenvalue weighted by atomic mass is 9.99. The van der Waals surface area contributed by atoms with Crippen molar-refractivity contribution in [1.29, 1.82) is 0 Å². The van der Waals surface area contributed by atoms with Crippen LogP contribution in [0.5, 0.6) is 0 Å². The Morgan fingerprint density at radius 1 is 0.528 bits per heavy atom. The second-order valence-electron chi connectivity index (χ2n) is 11.8. The van der Waals surface area contributed by atoms with Crippen molar-refractivity contribution in [3.05, 3.63) is 0 Å². The molecule has 0 fully saturated rings. The monoisotopic (exact) mass is 519 g/mol. The Morgan fingerprint density at radius 3 is 1.14 bits per heavy atom. The van der Waals surface area contributed by atoms with Gasteiger partial charge in [0.1, 0.15) is 16.8 Å². The Kier molecular flexibility index (Phi) is 14.7. The maximum absolute atomic E-state index is 11.9. The molecule has 0 unspecified atom stereocenters. The van der Waals surface area contributed by atoms with E-state index in [1.165, 1.54) is 0 Å². The zero-order valence-electron chi connectivity index (χ0n) is 23.8. The minimum Gasteiger partial charge on any atom is -0.460 e. The Bertz CT molecular complexity index is 636. The Morgan fingerprint density at radius 2 is 0.833 bits per heavy atom. The van der Waals surface area contributed by atoms with E-state index in [0.29, 0.717) is 6.42 Å². The van der Waals surface area contributed by atoms with Gasteiger partial charge in [-0.05, 0) is 68.7 Å². The average Bonchev–Trinajstić information content (AvgIpc) is 2.64. The molecule has 0 spiro atoms. The van der Waals surface area contributed by atoms with E-state index in [0.717, 1.165) is 0 Å². The van der Waals surface area contributed by atoms with Crippen LogP contribution in [0.1, 0.15) is 88.0 Å². The van der Waals surface area contributed by atoms with E-state index in [-0.39, 0.29) is 76.8 Å². The smallest absolute Gasteiger partial charge is 0.308 e. The summed E-state index contributed by atoms with van der Waals surface area (Å²) in [5.41, 5.74) is 3.91. The molecule has 0 aliphatic rings. The lowest BCUT2D eigenvalue weighted by Crippen LogP contribution is -2.50. The van der Waals surface area contributed by atoms with Gasteiger partial charge in [0, 0.05) is 6.61 Å². The second kappa shape index (κ2) is 15.5. The first-order chi connectivity index (χ1) is 16.3. The first-order valence-electron chi connectivity index (χ1n) is 12.5. The van der Waals surface area contributed by atoms with Crippen molar-refractivity contribution in [3.8, 4) is 0 Å². The van der Waals surface area contributed by atoms with Gasteiger partial charge in [-0.3, -0.25) is 14.4 Å². The molecule has 0 radical (unpaired) electrons. The molecule has 2 N–H and O–H groups in total. The van der Waals surface area contributed by atoms with Crippen LogP contribution in [-0.2, 0) is 42.8 Å². The quantitative estimate of drug-likeness (QED) is 0.184. The molecule has 0 amide bonds. The molecule has 0 atom stereocenters. The summed E-state index contributed by atoms with van der Waals surface area (Å²) in [5.74, 6) is -1.05. The molecule has 0 aliphatic heterocycles. The first kappa shape index (κ1) is 34.2. The molecule has 0 saturated carbocycles. The van der Waals surface area contributed by atoms with E-state index in [1.807, 2.05) is 0 Å². The highest BCUT2D eigenvalue weighted by molar-refractivity contribution is 5.70. The lowest BCUT2D eigenvalue weighted by molar-refractivity contribution is -0.157. The summed E-state index contributed by atoms with van der Waals surface area (Å²) in [6.07, 6.45) is 0.701. The summed E-state index contributed by atoms with van der Waals surface area (Å²) in [6, 6.07) is 0. The van der Waals surface area contributed by atoms with Crippen LogP contribution >= 0.6 is 0 Å². The molecule has 10 heteroatoms. The molecule has 0 aromatic heterocycles. The van der Waals surface area contributed by atoms with Gasteiger partial charge in [0.05, 0.1) is 57.8 Å². The zero-order chi connectivity index (χ0) is 28.0. The molecule has 0 aromatic carbocycles. The topological polar surface area (TPSA) is 133 Å². The summed E-state index contributed by atoms with van der Waals surface area (Å²) in [6.45, 7) is 17.2. The van der Waals surface area contributed by atoms with Gasteiger partial charge in [-0.2, -0.15) is 0 Å². The van der Waals surface area contributed by atoms with Crippen LogP contribution in [0.4, 0.5) is 0 Å². The molecule has 0 heterocycles. The number of ether oxygens (including phenoxy) is 6. The van der Waals surface area contributed by atoms with Gasteiger partial charge in [0.25, 0.3) is 0 Å². The number of nitrogens with two attached hydrogens (primary N) is 1.